The van der Waals surface area contributed by atoms with E-state index in [1.54, 1.807) is 12.1 Å². The van der Waals surface area contributed by atoms with Gasteiger partial charge < -0.3 is 19.9 Å². The van der Waals surface area contributed by atoms with E-state index in [-0.39, 0.29) is 12.7 Å². The van der Waals surface area contributed by atoms with Crippen LogP contribution in [0.1, 0.15) is 18.4 Å². The summed E-state index contributed by atoms with van der Waals surface area (Å²) in [7, 11) is 0. The highest BCUT2D eigenvalue weighted by Crippen LogP contribution is 2.23. The zero-order valence-corrected chi connectivity index (χ0v) is 13.3. The quantitative estimate of drug-likeness (QED) is 0.785. The van der Waals surface area contributed by atoms with E-state index in [2.05, 4.69) is 27.3 Å². The van der Waals surface area contributed by atoms with Gasteiger partial charge in [-0.3, -0.25) is 0 Å². The largest absolute Gasteiger partial charge is 0.389 e. The third-order valence-corrected chi connectivity index (χ3v) is 3.92. The molecule has 0 bridgehead atoms. The fourth-order valence-electron chi connectivity index (χ4n) is 2.13. The number of nitrogens with one attached hydrogen (secondary N) is 1. The predicted molar refractivity (Wildman–Crippen MR) is 83.1 cm³/mol. The van der Waals surface area contributed by atoms with Crippen LogP contribution in [-0.4, -0.2) is 43.7 Å². The zero-order valence-electron chi connectivity index (χ0n) is 11.7. The molecule has 0 radical (unpaired) electrons. The molecule has 1 fully saturated rings. The Balaban J connectivity index is 1.68. The average molecular weight is 355 g/mol. The number of nitrogens with zero attached hydrogens (tertiary/aromatic N) is 1. The van der Waals surface area contributed by atoms with Gasteiger partial charge in [0.25, 0.3) is 0 Å². The third kappa shape index (κ3) is 5.29. The van der Waals surface area contributed by atoms with Crippen molar-refractivity contribution in [3.05, 3.63) is 28.2 Å². The number of halogens is 1. The average Bonchev–Trinajstić information content (AvgIpc) is 2.99. The molecule has 1 saturated heterocycles. The van der Waals surface area contributed by atoms with Crippen molar-refractivity contribution in [2.75, 3.05) is 31.7 Å². The monoisotopic (exact) mass is 354 g/mol. The molecule has 2 rings (SSSR count). The van der Waals surface area contributed by atoms with Crippen LogP contribution >= 0.6 is 15.9 Å². The molecule has 0 saturated carbocycles. The molecule has 1 aromatic rings. The Kier molecular flexibility index (Phi) is 6.46. The summed E-state index contributed by atoms with van der Waals surface area (Å²) in [4.78, 5) is 0. The number of rotatable bonds is 7. The molecule has 114 valence electrons. The molecule has 0 spiro atoms. The van der Waals surface area contributed by atoms with Gasteiger partial charge in [-0.2, -0.15) is 5.26 Å². The second kappa shape index (κ2) is 8.35. The Morgan fingerprint density at radius 1 is 1.57 bits per heavy atom. The molecule has 0 amide bonds. The maximum absolute atomic E-state index is 9.88. The summed E-state index contributed by atoms with van der Waals surface area (Å²) in [6, 6.07) is 7.35. The molecule has 21 heavy (non-hydrogen) atoms. The van der Waals surface area contributed by atoms with Gasteiger partial charge in [0.1, 0.15) is 0 Å². The summed E-state index contributed by atoms with van der Waals surface area (Å²) in [6.07, 6.45) is 1.71. The number of ether oxygens (including phenoxy) is 2. The highest BCUT2D eigenvalue weighted by atomic mass is 79.9. The minimum absolute atomic E-state index is 0.179. The van der Waals surface area contributed by atoms with E-state index in [1.165, 1.54) is 0 Å². The van der Waals surface area contributed by atoms with Crippen molar-refractivity contribution in [3.63, 3.8) is 0 Å². The predicted octanol–water partition coefficient (Wildman–Crippen LogP) is 2.29. The van der Waals surface area contributed by atoms with Crippen molar-refractivity contribution < 1.29 is 14.6 Å². The zero-order chi connectivity index (χ0) is 15.1. The summed E-state index contributed by atoms with van der Waals surface area (Å²) in [5.41, 5.74) is 1.43. The van der Waals surface area contributed by atoms with E-state index in [9.17, 15) is 5.11 Å². The van der Waals surface area contributed by atoms with Gasteiger partial charge in [-0.05, 0) is 47.0 Å². The fraction of sp³-hybridized carbons (Fsp3) is 0.533. The molecule has 0 aromatic heterocycles. The number of anilines is 1. The molecular formula is C15H19BrN2O3. The fourth-order valence-corrected chi connectivity index (χ4v) is 2.64. The van der Waals surface area contributed by atoms with Crippen LogP contribution in [0.3, 0.4) is 0 Å². The van der Waals surface area contributed by atoms with Crippen LogP contribution < -0.4 is 5.32 Å². The molecule has 1 aromatic carbocycles. The minimum atomic E-state index is -0.589. The van der Waals surface area contributed by atoms with Crippen molar-refractivity contribution >= 4 is 21.6 Å². The lowest BCUT2D eigenvalue weighted by atomic mass is 10.2. The first-order valence-electron chi connectivity index (χ1n) is 7.00. The maximum atomic E-state index is 9.88. The van der Waals surface area contributed by atoms with Gasteiger partial charge in [0.15, 0.2) is 0 Å². The van der Waals surface area contributed by atoms with E-state index in [4.69, 9.17) is 14.7 Å². The molecule has 2 unspecified atom stereocenters. The highest BCUT2D eigenvalue weighted by molar-refractivity contribution is 9.10. The molecule has 1 aliphatic heterocycles. The molecule has 2 atom stereocenters. The van der Waals surface area contributed by atoms with Crippen LogP contribution in [0.25, 0.3) is 0 Å². The van der Waals surface area contributed by atoms with Crippen LogP contribution in [0.15, 0.2) is 22.7 Å². The molecule has 1 aliphatic rings. The number of aliphatic hydroxyl groups excluding tert-OH is 1. The molecule has 1 heterocycles. The number of aliphatic hydroxyl groups is 1. The van der Waals surface area contributed by atoms with Gasteiger partial charge in [-0.25, -0.2) is 0 Å². The SMILES string of the molecule is N#Cc1ccc(NCC(O)COCC2CCCO2)c(Br)c1. The first kappa shape index (κ1) is 16.2. The summed E-state index contributed by atoms with van der Waals surface area (Å²) >= 11 is 3.39. The highest BCUT2D eigenvalue weighted by Gasteiger charge is 2.16. The van der Waals surface area contributed by atoms with Crippen molar-refractivity contribution in [1.29, 1.82) is 5.26 Å². The Bertz CT molecular complexity index is 498. The van der Waals surface area contributed by atoms with Gasteiger partial charge in [-0.1, -0.05) is 0 Å². The van der Waals surface area contributed by atoms with Gasteiger partial charge in [-0.15, -0.1) is 0 Å². The Hall–Kier alpha value is -1.13. The minimum Gasteiger partial charge on any atom is -0.389 e. The lowest BCUT2D eigenvalue weighted by Crippen LogP contribution is -2.27. The smallest absolute Gasteiger partial charge is 0.0992 e. The summed E-state index contributed by atoms with van der Waals surface area (Å²) in [5.74, 6) is 0. The molecule has 2 N–H and O–H groups in total. The Labute approximate surface area is 133 Å². The lowest BCUT2D eigenvalue weighted by molar-refractivity contribution is -0.0137. The molecule has 5 nitrogen and oxygen atoms in total. The molecular weight excluding hydrogens is 336 g/mol. The Morgan fingerprint density at radius 3 is 3.10 bits per heavy atom. The third-order valence-electron chi connectivity index (χ3n) is 3.26. The van der Waals surface area contributed by atoms with Crippen LogP contribution in [0.2, 0.25) is 0 Å². The maximum Gasteiger partial charge on any atom is 0.0992 e. The van der Waals surface area contributed by atoms with Crippen LogP contribution in [-0.2, 0) is 9.47 Å². The second-order valence-electron chi connectivity index (χ2n) is 5.01. The summed E-state index contributed by atoms with van der Waals surface area (Å²) in [6.45, 7) is 2.01. The van der Waals surface area contributed by atoms with E-state index in [1.807, 2.05) is 6.07 Å². The van der Waals surface area contributed by atoms with Gasteiger partial charge in [0, 0.05) is 23.3 Å². The lowest BCUT2D eigenvalue weighted by Gasteiger charge is -2.16. The van der Waals surface area contributed by atoms with Crippen molar-refractivity contribution in [3.8, 4) is 6.07 Å². The van der Waals surface area contributed by atoms with E-state index >= 15 is 0 Å². The molecule has 0 aliphatic carbocycles. The van der Waals surface area contributed by atoms with Crippen molar-refractivity contribution in [2.45, 2.75) is 25.0 Å². The summed E-state index contributed by atoms with van der Waals surface area (Å²) < 4.78 is 11.7. The first-order valence-corrected chi connectivity index (χ1v) is 7.79. The Morgan fingerprint density at radius 2 is 2.43 bits per heavy atom. The van der Waals surface area contributed by atoms with Gasteiger partial charge in [0.05, 0.1) is 37.1 Å². The number of nitriles is 1. The standard InChI is InChI=1S/C15H19BrN2O3/c16-14-6-11(7-17)3-4-15(14)18-8-12(19)9-20-10-13-2-1-5-21-13/h3-4,6,12-13,18-19H,1-2,5,8-10H2. The van der Waals surface area contributed by atoms with Crippen LogP contribution in [0.4, 0.5) is 5.69 Å². The number of hydrogen-bond acceptors (Lipinski definition) is 5. The van der Waals surface area contributed by atoms with Gasteiger partial charge >= 0.3 is 0 Å². The molecule has 6 heteroatoms. The topological polar surface area (TPSA) is 74.5 Å². The van der Waals surface area contributed by atoms with Crippen molar-refractivity contribution in [2.24, 2.45) is 0 Å². The van der Waals surface area contributed by atoms with Crippen molar-refractivity contribution in [1.82, 2.24) is 0 Å². The normalized spacial score (nSPS) is 19.2. The van der Waals surface area contributed by atoms with Crippen LogP contribution in [0.5, 0.6) is 0 Å². The van der Waals surface area contributed by atoms with E-state index < -0.39 is 6.10 Å². The number of benzene rings is 1. The van der Waals surface area contributed by atoms with Gasteiger partial charge in [0.2, 0.25) is 0 Å². The van der Waals surface area contributed by atoms with Crippen LogP contribution in [0, 0.1) is 11.3 Å². The van der Waals surface area contributed by atoms with E-state index in [0.29, 0.717) is 18.7 Å². The summed E-state index contributed by atoms with van der Waals surface area (Å²) in [5, 5.41) is 21.8. The number of hydrogen-bond donors (Lipinski definition) is 2. The second-order valence-corrected chi connectivity index (χ2v) is 5.87. The van der Waals surface area contributed by atoms with E-state index in [0.717, 1.165) is 29.6 Å². The first-order chi connectivity index (χ1) is 10.2.